The fraction of sp³-hybridized carbons (Fsp3) is 0.867. The van der Waals surface area contributed by atoms with Gasteiger partial charge in [0.2, 0.25) is 5.78 Å². The van der Waals surface area contributed by atoms with E-state index in [-0.39, 0.29) is 24.3 Å². The number of hydrogen-bond donors (Lipinski definition) is 0. The molecule has 19 heavy (non-hydrogen) atoms. The summed E-state index contributed by atoms with van der Waals surface area (Å²) in [4.78, 5) is 16.2. The Hall–Kier alpha value is -0.570. The van der Waals surface area contributed by atoms with Gasteiger partial charge in [0.05, 0.1) is 6.04 Å². The van der Waals surface area contributed by atoms with E-state index >= 15 is 0 Å². The molecule has 0 heterocycles. The van der Waals surface area contributed by atoms with Gasteiger partial charge in [-0.05, 0) is 38.5 Å². The van der Waals surface area contributed by atoms with E-state index in [4.69, 9.17) is 4.74 Å². The minimum atomic E-state index is -0.00820. The first kappa shape index (κ1) is 16.5. The molecule has 0 spiro atoms. The summed E-state index contributed by atoms with van der Waals surface area (Å²) in [6.45, 7) is 1.57. The number of carbonyl (C=O) groups excluding carboxylic acids is 1. The zero-order valence-corrected chi connectivity index (χ0v) is 12.7. The molecule has 0 bridgehead atoms. The van der Waals surface area contributed by atoms with Crippen molar-refractivity contribution < 1.29 is 9.53 Å². The van der Waals surface area contributed by atoms with Gasteiger partial charge in [-0.3, -0.25) is 4.79 Å². The first-order valence-electron chi connectivity index (χ1n) is 7.51. The average molecular weight is 288 g/mol. The molecular weight excluding hydrogens is 262 g/mol. The van der Waals surface area contributed by atoms with Crippen LogP contribution in [0.1, 0.15) is 71.1 Å². The van der Waals surface area contributed by atoms with E-state index in [1.54, 1.807) is 6.92 Å². The Morgan fingerprint density at radius 1 is 0.947 bits per heavy atom. The third-order valence-electron chi connectivity index (χ3n) is 4.01. The molecule has 2 aliphatic rings. The van der Waals surface area contributed by atoms with Crippen molar-refractivity contribution in [2.75, 3.05) is 0 Å². The summed E-state index contributed by atoms with van der Waals surface area (Å²) in [5.41, 5.74) is 0. The van der Waals surface area contributed by atoms with Gasteiger partial charge in [0, 0.05) is 6.92 Å². The van der Waals surface area contributed by atoms with Crippen LogP contribution in [0, 0.1) is 0 Å². The van der Waals surface area contributed by atoms with Gasteiger partial charge >= 0.3 is 0 Å². The van der Waals surface area contributed by atoms with Crippen LogP contribution in [0.15, 0.2) is 4.99 Å². The van der Waals surface area contributed by atoms with E-state index < -0.39 is 0 Å². The predicted octanol–water partition coefficient (Wildman–Crippen LogP) is 4.08. The number of ketones is 1. The second kappa shape index (κ2) is 8.57. The third-order valence-corrected chi connectivity index (χ3v) is 4.01. The zero-order chi connectivity index (χ0) is 12.8. The molecular formula is C15H26ClNO2. The van der Waals surface area contributed by atoms with Crippen molar-refractivity contribution in [1.29, 1.82) is 0 Å². The van der Waals surface area contributed by atoms with Crippen molar-refractivity contribution in [1.82, 2.24) is 0 Å². The highest BCUT2D eigenvalue weighted by molar-refractivity contribution is 6.35. The fourth-order valence-corrected chi connectivity index (χ4v) is 2.92. The normalized spacial score (nSPS) is 22.7. The lowest BCUT2D eigenvalue weighted by Crippen LogP contribution is -2.27. The van der Waals surface area contributed by atoms with Crippen molar-refractivity contribution in [3.8, 4) is 0 Å². The van der Waals surface area contributed by atoms with E-state index in [9.17, 15) is 4.79 Å². The minimum Gasteiger partial charge on any atom is -0.472 e. The van der Waals surface area contributed by atoms with Gasteiger partial charge in [0.1, 0.15) is 6.10 Å². The third kappa shape index (κ3) is 5.52. The van der Waals surface area contributed by atoms with Crippen molar-refractivity contribution in [3.63, 3.8) is 0 Å². The minimum absolute atomic E-state index is 0. The standard InChI is InChI=1S/C15H25NO2.ClH/c1-12(17)15(16-13-8-4-2-5-9-13)18-14-10-6-3-7-11-14;/h13-14H,2-11H2,1H3;1H. The van der Waals surface area contributed by atoms with Gasteiger partial charge in [-0.25, -0.2) is 4.99 Å². The van der Waals surface area contributed by atoms with Gasteiger partial charge in [0.15, 0.2) is 0 Å². The van der Waals surface area contributed by atoms with E-state index in [2.05, 4.69) is 4.99 Å². The Balaban J connectivity index is 0.00000180. The summed E-state index contributed by atoms with van der Waals surface area (Å²) >= 11 is 0. The van der Waals surface area contributed by atoms with Crippen LogP contribution in [0.5, 0.6) is 0 Å². The first-order valence-corrected chi connectivity index (χ1v) is 7.51. The highest BCUT2D eigenvalue weighted by atomic mass is 35.5. The second-order valence-corrected chi connectivity index (χ2v) is 5.66. The van der Waals surface area contributed by atoms with Crippen LogP contribution in [-0.2, 0) is 9.53 Å². The van der Waals surface area contributed by atoms with Crippen molar-refractivity contribution in [2.24, 2.45) is 4.99 Å². The highest BCUT2D eigenvalue weighted by Gasteiger charge is 2.21. The summed E-state index contributed by atoms with van der Waals surface area (Å²) in [6.07, 6.45) is 12.2. The molecule has 2 rings (SSSR count). The summed E-state index contributed by atoms with van der Waals surface area (Å²) in [7, 11) is 0. The lowest BCUT2D eigenvalue weighted by molar-refractivity contribution is -0.113. The van der Waals surface area contributed by atoms with Crippen LogP contribution in [0.2, 0.25) is 0 Å². The van der Waals surface area contributed by atoms with Crippen LogP contribution in [0.25, 0.3) is 0 Å². The van der Waals surface area contributed by atoms with E-state index in [1.807, 2.05) is 0 Å². The number of halogens is 1. The first-order chi connectivity index (χ1) is 8.75. The lowest BCUT2D eigenvalue weighted by Gasteiger charge is -2.24. The molecule has 0 atom stereocenters. The Kier molecular flexibility index (Phi) is 7.44. The molecule has 0 unspecified atom stereocenters. The van der Waals surface area contributed by atoms with Crippen LogP contribution in [0.4, 0.5) is 0 Å². The molecule has 2 saturated carbocycles. The summed E-state index contributed by atoms with van der Waals surface area (Å²) < 4.78 is 5.86. The molecule has 0 N–H and O–H groups in total. The van der Waals surface area contributed by atoms with E-state index in [0.29, 0.717) is 11.9 Å². The lowest BCUT2D eigenvalue weighted by atomic mass is 9.96. The maximum absolute atomic E-state index is 11.6. The number of rotatable bonds is 3. The molecule has 2 aliphatic carbocycles. The molecule has 0 saturated heterocycles. The number of ether oxygens (including phenoxy) is 1. The number of nitrogens with zero attached hydrogens (tertiary/aromatic N) is 1. The summed E-state index contributed by atoms with van der Waals surface area (Å²) in [5, 5.41) is 0. The molecule has 3 nitrogen and oxygen atoms in total. The molecule has 0 aromatic heterocycles. The molecule has 0 aromatic carbocycles. The molecule has 2 fully saturated rings. The second-order valence-electron chi connectivity index (χ2n) is 5.66. The molecule has 110 valence electrons. The molecule has 0 amide bonds. The molecule has 4 heteroatoms. The fourth-order valence-electron chi connectivity index (χ4n) is 2.92. The van der Waals surface area contributed by atoms with Crippen molar-refractivity contribution >= 4 is 24.1 Å². The summed E-state index contributed by atoms with van der Waals surface area (Å²) in [6, 6.07) is 0.321. The Bertz CT molecular complexity index is 305. The SMILES string of the molecule is CC(=O)C(=NC1CCCCC1)OC1CCCCC1.Cl. The van der Waals surface area contributed by atoms with Crippen LogP contribution < -0.4 is 0 Å². The molecule has 0 radical (unpaired) electrons. The Morgan fingerprint density at radius 2 is 1.47 bits per heavy atom. The average Bonchev–Trinajstić information content (AvgIpc) is 2.40. The van der Waals surface area contributed by atoms with Gasteiger partial charge in [0.25, 0.3) is 5.90 Å². The van der Waals surface area contributed by atoms with Crippen LogP contribution in [0.3, 0.4) is 0 Å². The van der Waals surface area contributed by atoms with Crippen LogP contribution in [-0.4, -0.2) is 23.8 Å². The van der Waals surface area contributed by atoms with Gasteiger partial charge < -0.3 is 4.74 Å². The van der Waals surface area contributed by atoms with Gasteiger partial charge in [-0.1, -0.05) is 25.7 Å². The summed E-state index contributed by atoms with van der Waals surface area (Å²) in [5.74, 6) is 0.389. The molecule has 0 aromatic rings. The number of hydrogen-bond acceptors (Lipinski definition) is 3. The van der Waals surface area contributed by atoms with Crippen molar-refractivity contribution in [2.45, 2.75) is 83.3 Å². The Morgan fingerprint density at radius 3 is 2.00 bits per heavy atom. The molecule has 0 aliphatic heterocycles. The zero-order valence-electron chi connectivity index (χ0n) is 11.9. The quantitative estimate of drug-likeness (QED) is 0.579. The monoisotopic (exact) mass is 287 g/mol. The van der Waals surface area contributed by atoms with E-state index in [1.165, 1.54) is 38.5 Å². The predicted molar refractivity (Wildman–Crippen MR) is 80.2 cm³/mol. The van der Waals surface area contributed by atoms with E-state index in [0.717, 1.165) is 25.7 Å². The number of carbonyl (C=O) groups is 1. The number of aliphatic imine (C=N–C) groups is 1. The largest absolute Gasteiger partial charge is 0.472 e. The van der Waals surface area contributed by atoms with Gasteiger partial charge in [-0.2, -0.15) is 0 Å². The van der Waals surface area contributed by atoms with Crippen LogP contribution >= 0.6 is 12.4 Å². The Labute approximate surface area is 122 Å². The number of Topliss-reactive ketones (excluding diaryl/α,β-unsaturated/α-hetero) is 1. The maximum Gasteiger partial charge on any atom is 0.253 e. The maximum atomic E-state index is 11.6. The highest BCUT2D eigenvalue weighted by Crippen LogP contribution is 2.23. The van der Waals surface area contributed by atoms with Gasteiger partial charge in [-0.15, -0.1) is 12.4 Å². The smallest absolute Gasteiger partial charge is 0.253 e. The van der Waals surface area contributed by atoms with Crippen molar-refractivity contribution in [3.05, 3.63) is 0 Å². The topological polar surface area (TPSA) is 38.7 Å².